The van der Waals surface area contributed by atoms with Crippen molar-refractivity contribution in [3.8, 4) is 22.3 Å². The molecule has 0 radical (unpaired) electrons. The van der Waals surface area contributed by atoms with E-state index in [1.54, 1.807) is 0 Å². The first-order valence-corrected chi connectivity index (χ1v) is 26.4. The molecule has 0 amide bonds. The fourth-order valence-corrected chi connectivity index (χ4v) is 12.8. The van der Waals surface area contributed by atoms with E-state index < -0.39 is 0 Å². The Labute approximate surface area is 433 Å². The van der Waals surface area contributed by atoms with Gasteiger partial charge in [-0.2, -0.15) is 0 Å². The van der Waals surface area contributed by atoms with Gasteiger partial charge in [-0.05, 0) is 152 Å². The average Bonchev–Trinajstić information content (AvgIpc) is 4.06. The Bertz CT molecular complexity index is 4260. The van der Waals surface area contributed by atoms with Crippen molar-refractivity contribution in [2.75, 3.05) is 9.80 Å². The van der Waals surface area contributed by atoms with Crippen LogP contribution >= 0.6 is 0 Å². The van der Waals surface area contributed by atoms with Gasteiger partial charge in [-0.3, -0.25) is 0 Å². The number of para-hydroxylation sites is 4. The van der Waals surface area contributed by atoms with Gasteiger partial charge in [0, 0.05) is 54.8 Å². The third-order valence-corrected chi connectivity index (χ3v) is 16.8. The van der Waals surface area contributed by atoms with Crippen molar-refractivity contribution in [3.05, 3.63) is 228 Å². The van der Waals surface area contributed by atoms with E-state index in [0.717, 1.165) is 78.0 Å². The van der Waals surface area contributed by atoms with E-state index in [0.29, 0.717) is 11.8 Å². The Kier molecular flexibility index (Phi) is 9.64. The summed E-state index contributed by atoms with van der Waals surface area (Å²) in [6.45, 7) is 18.7. The van der Waals surface area contributed by atoms with E-state index in [4.69, 9.17) is 8.83 Å². The van der Waals surface area contributed by atoms with Gasteiger partial charge < -0.3 is 18.6 Å². The summed E-state index contributed by atoms with van der Waals surface area (Å²) in [4.78, 5) is 4.82. The summed E-state index contributed by atoms with van der Waals surface area (Å²) >= 11 is 0. The summed E-state index contributed by atoms with van der Waals surface area (Å²) in [7, 11) is 0. The Balaban J connectivity index is 0.931. The minimum absolute atomic E-state index is 0.293. The SMILES string of the molecule is CC(C)c1ccc(N(c2ccc3c(c2)C(C)(C)c2cc4c(cc2-3)C(C)(C)c2cccc3c(N(c5ccc(C(C)C)cc5)c5cccc6c5oc5ccccc56)ccc-4c23)c2cccc3c2oc2ccccc23)cc1. The second-order valence-corrected chi connectivity index (χ2v) is 22.5. The molecule has 2 aliphatic rings. The molecule has 0 bridgehead atoms. The summed E-state index contributed by atoms with van der Waals surface area (Å²) < 4.78 is 13.5. The van der Waals surface area contributed by atoms with Crippen molar-refractivity contribution >= 4 is 88.8 Å². The quantitative estimate of drug-likeness (QED) is 0.152. The largest absolute Gasteiger partial charge is 0.454 e. The minimum atomic E-state index is -0.297. The first-order chi connectivity index (χ1) is 35.9. The zero-order valence-corrected chi connectivity index (χ0v) is 43.3. The number of furan rings is 2. The molecule has 10 aromatic carbocycles. The molecule has 12 aromatic rings. The van der Waals surface area contributed by atoms with Crippen LogP contribution in [0, 0.1) is 0 Å². The van der Waals surface area contributed by atoms with Crippen LogP contribution in [-0.4, -0.2) is 0 Å². The summed E-state index contributed by atoms with van der Waals surface area (Å²) in [6, 6.07) is 72.0. The van der Waals surface area contributed by atoms with Gasteiger partial charge in [0.25, 0.3) is 0 Å². The Morgan fingerprint density at radius 2 is 0.784 bits per heavy atom. The maximum Gasteiger partial charge on any atom is 0.159 e. The molecule has 4 heteroatoms. The smallest absolute Gasteiger partial charge is 0.159 e. The Morgan fingerprint density at radius 3 is 1.36 bits per heavy atom. The summed E-state index contributed by atoms with van der Waals surface area (Å²) in [5, 5.41) is 6.99. The lowest BCUT2D eigenvalue weighted by Gasteiger charge is -2.37. The zero-order chi connectivity index (χ0) is 50.4. The van der Waals surface area contributed by atoms with Crippen LogP contribution in [0.4, 0.5) is 34.1 Å². The fourth-order valence-electron chi connectivity index (χ4n) is 12.8. The van der Waals surface area contributed by atoms with Crippen LogP contribution in [0.15, 0.2) is 203 Å². The van der Waals surface area contributed by atoms with E-state index in [1.807, 2.05) is 0 Å². The molecule has 4 nitrogen and oxygen atoms in total. The minimum Gasteiger partial charge on any atom is -0.454 e. The molecule has 0 saturated heterocycles. The molecule has 0 N–H and O–H groups in total. The lowest BCUT2D eigenvalue weighted by atomic mass is 9.67. The molecule has 0 spiro atoms. The number of fused-ring (bicyclic) bond motifs is 11. The third kappa shape index (κ3) is 6.40. The second kappa shape index (κ2) is 16.1. The van der Waals surface area contributed by atoms with Gasteiger partial charge in [0.2, 0.25) is 0 Å². The maximum atomic E-state index is 6.79. The topological polar surface area (TPSA) is 32.8 Å². The molecule has 0 unspecified atom stereocenters. The van der Waals surface area contributed by atoms with E-state index >= 15 is 0 Å². The van der Waals surface area contributed by atoms with Crippen LogP contribution in [0.25, 0.3) is 76.9 Å². The number of hydrogen-bond acceptors (Lipinski definition) is 4. The normalized spacial score (nSPS) is 14.1. The van der Waals surface area contributed by atoms with E-state index in [-0.39, 0.29) is 10.8 Å². The molecule has 2 aliphatic carbocycles. The fraction of sp³-hybridized carbons (Fsp3) is 0.171. The lowest BCUT2D eigenvalue weighted by molar-refractivity contribution is 0.639. The van der Waals surface area contributed by atoms with Gasteiger partial charge in [-0.25, -0.2) is 0 Å². The van der Waals surface area contributed by atoms with Crippen molar-refractivity contribution < 1.29 is 8.83 Å². The molecular weight excluding hydrogens is 901 g/mol. The van der Waals surface area contributed by atoms with Crippen molar-refractivity contribution in [1.82, 2.24) is 0 Å². The highest BCUT2D eigenvalue weighted by Crippen LogP contribution is 2.58. The molecule has 0 aliphatic heterocycles. The van der Waals surface area contributed by atoms with Gasteiger partial charge in [-0.1, -0.05) is 171 Å². The van der Waals surface area contributed by atoms with Crippen LogP contribution in [0.5, 0.6) is 0 Å². The van der Waals surface area contributed by atoms with Gasteiger partial charge in [0.1, 0.15) is 11.2 Å². The van der Waals surface area contributed by atoms with Gasteiger partial charge in [-0.15, -0.1) is 0 Å². The number of anilines is 6. The van der Waals surface area contributed by atoms with E-state index in [9.17, 15) is 0 Å². The Hall–Kier alpha value is -8.34. The molecule has 2 heterocycles. The van der Waals surface area contributed by atoms with Crippen molar-refractivity contribution in [1.29, 1.82) is 0 Å². The highest BCUT2D eigenvalue weighted by Gasteiger charge is 2.41. The molecule has 74 heavy (non-hydrogen) atoms. The van der Waals surface area contributed by atoms with Crippen molar-refractivity contribution in [2.45, 2.75) is 78.1 Å². The highest BCUT2D eigenvalue weighted by atomic mass is 16.3. The number of benzene rings is 10. The van der Waals surface area contributed by atoms with Gasteiger partial charge in [0.15, 0.2) is 11.2 Å². The summed E-state index contributed by atoms with van der Waals surface area (Å²) in [5.41, 5.74) is 22.6. The number of hydrogen-bond donors (Lipinski definition) is 0. The van der Waals surface area contributed by atoms with E-state index in [1.165, 1.54) is 66.4 Å². The van der Waals surface area contributed by atoms with Crippen LogP contribution in [0.2, 0.25) is 0 Å². The molecule has 360 valence electrons. The molecule has 0 fully saturated rings. The average molecular weight is 959 g/mol. The lowest BCUT2D eigenvalue weighted by Crippen LogP contribution is -2.25. The standard InChI is InChI=1S/C70H58N2O2/c1-41(2)43-26-30-45(31-27-43)71(62-22-14-18-52-49-16-9-11-24-64(49)73-67(52)62)47-34-35-48-55-39-60-56(40-59(55)70(7,8)58(48)38-47)51-36-37-61(54-20-13-21-57(66(51)54)69(60,5)6)72(46-32-28-44(29-33-46)42(3)4)63-23-15-19-53-50-17-10-12-25-65(50)74-68(53)63/h9-42H,1-8H3. The summed E-state index contributed by atoms with van der Waals surface area (Å²) in [5.74, 6) is 0.853. The molecule has 0 atom stereocenters. The van der Waals surface area contributed by atoms with Crippen LogP contribution in [0.1, 0.15) is 101 Å². The summed E-state index contributed by atoms with van der Waals surface area (Å²) in [6.07, 6.45) is 0. The first kappa shape index (κ1) is 44.4. The predicted molar refractivity (Wildman–Crippen MR) is 311 cm³/mol. The third-order valence-electron chi connectivity index (χ3n) is 16.8. The van der Waals surface area contributed by atoms with E-state index in [2.05, 4.69) is 259 Å². The number of nitrogens with zero attached hydrogens (tertiary/aromatic N) is 2. The molecule has 2 aromatic heterocycles. The maximum absolute atomic E-state index is 6.79. The molecular formula is C70H58N2O2. The number of rotatable bonds is 8. The van der Waals surface area contributed by atoms with Crippen LogP contribution < -0.4 is 9.80 Å². The van der Waals surface area contributed by atoms with Crippen LogP contribution in [0.3, 0.4) is 0 Å². The molecule has 14 rings (SSSR count). The second-order valence-electron chi connectivity index (χ2n) is 22.5. The van der Waals surface area contributed by atoms with Gasteiger partial charge >= 0.3 is 0 Å². The molecule has 0 saturated carbocycles. The van der Waals surface area contributed by atoms with Gasteiger partial charge in [0.05, 0.1) is 17.1 Å². The highest BCUT2D eigenvalue weighted by molar-refractivity contribution is 6.15. The monoisotopic (exact) mass is 958 g/mol. The predicted octanol–water partition coefficient (Wildman–Crippen LogP) is 20.4. The Morgan fingerprint density at radius 1 is 0.338 bits per heavy atom. The first-order valence-electron chi connectivity index (χ1n) is 26.4. The van der Waals surface area contributed by atoms with Crippen LogP contribution in [-0.2, 0) is 10.8 Å². The van der Waals surface area contributed by atoms with Crippen molar-refractivity contribution in [3.63, 3.8) is 0 Å². The van der Waals surface area contributed by atoms with Crippen molar-refractivity contribution in [2.24, 2.45) is 0 Å². The zero-order valence-electron chi connectivity index (χ0n) is 43.3.